The van der Waals surface area contributed by atoms with Crippen LogP contribution < -0.4 is 10.2 Å². The van der Waals surface area contributed by atoms with Crippen LogP contribution in [0.25, 0.3) is 10.8 Å². The predicted octanol–water partition coefficient (Wildman–Crippen LogP) is 2.42. The Bertz CT molecular complexity index is 637. The zero-order valence-corrected chi connectivity index (χ0v) is 11.6. The molecule has 0 aliphatic carbocycles. The van der Waals surface area contributed by atoms with Gasteiger partial charge in [0, 0.05) is 11.9 Å². The molecule has 102 valence electrons. The Labute approximate surface area is 119 Å². The normalized spacial score (nSPS) is 10.2. The van der Waals surface area contributed by atoms with E-state index in [0.29, 0.717) is 13.1 Å². The molecule has 2 rings (SSSR count). The first-order chi connectivity index (χ1) is 9.77. The Hall–Kier alpha value is -2.31. The number of nitrogens with one attached hydrogen (secondary N) is 1. The monoisotopic (exact) mass is 266 g/mol. The van der Waals surface area contributed by atoms with Gasteiger partial charge in [0.1, 0.15) is 0 Å². The van der Waals surface area contributed by atoms with Crippen LogP contribution in [0.15, 0.2) is 42.5 Å². The molecule has 0 aliphatic heterocycles. The third-order valence-electron chi connectivity index (χ3n) is 3.18. The van der Waals surface area contributed by atoms with Gasteiger partial charge in [-0.15, -0.1) is 6.42 Å². The summed E-state index contributed by atoms with van der Waals surface area (Å²) in [7, 11) is 0. The number of carbonyl (C=O) groups excluding carboxylic acids is 1. The number of fused-ring (bicyclic) bond motifs is 1. The number of benzene rings is 2. The van der Waals surface area contributed by atoms with Gasteiger partial charge in [0.2, 0.25) is 5.91 Å². The molecule has 0 heterocycles. The average molecular weight is 266 g/mol. The minimum Gasteiger partial charge on any atom is -0.311 e. The molecule has 0 saturated carbocycles. The molecule has 0 atom stereocenters. The molecule has 0 bridgehead atoms. The Kier molecular flexibility index (Phi) is 4.75. The quantitative estimate of drug-likeness (QED) is 0.666. The molecule has 0 saturated heterocycles. The zero-order chi connectivity index (χ0) is 14.4. The minimum atomic E-state index is 0.0269. The second-order valence-corrected chi connectivity index (χ2v) is 4.44. The summed E-state index contributed by atoms with van der Waals surface area (Å²) in [6, 6.07) is 14.1. The molecule has 0 fully saturated rings. The molecule has 3 heteroatoms. The maximum absolute atomic E-state index is 12.3. The highest BCUT2D eigenvalue weighted by molar-refractivity contribution is 6.04. The first kappa shape index (κ1) is 14.1. The lowest BCUT2D eigenvalue weighted by atomic mass is 10.1. The Balaban J connectivity index is 2.30. The van der Waals surface area contributed by atoms with Gasteiger partial charge in [-0.2, -0.15) is 0 Å². The van der Waals surface area contributed by atoms with Crippen molar-refractivity contribution in [2.24, 2.45) is 0 Å². The van der Waals surface area contributed by atoms with Crippen molar-refractivity contribution in [3.8, 4) is 12.3 Å². The summed E-state index contributed by atoms with van der Waals surface area (Å²) in [6.45, 7) is 3.26. The van der Waals surface area contributed by atoms with Gasteiger partial charge in [-0.05, 0) is 18.4 Å². The lowest BCUT2D eigenvalue weighted by Gasteiger charge is -2.22. The second-order valence-electron chi connectivity index (χ2n) is 4.44. The maximum Gasteiger partial charge on any atom is 0.240 e. The van der Waals surface area contributed by atoms with Crippen LogP contribution in [-0.2, 0) is 4.79 Å². The van der Waals surface area contributed by atoms with E-state index in [1.165, 1.54) is 0 Å². The number of nitrogens with zero attached hydrogens (tertiary/aromatic N) is 1. The zero-order valence-electron chi connectivity index (χ0n) is 11.6. The Morgan fingerprint density at radius 2 is 2.00 bits per heavy atom. The van der Waals surface area contributed by atoms with Gasteiger partial charge in [-0.3, -0.25) is 10.1 Å². The number of rotatable bonds is 5. The molecule has 0 aliphatic rings. The summed E-state index contributed by atoms with van der Waals surface area (Å²) in [5, 5.41) is 5.16. The average Bonchev–Trinajstić information content (AvgIpc) is 2.48. The minimum absolute atomic E-state index is 0.0269. The number of hydrogen-bond acceptors (Lipinski definition) is 2. The van der Waals surface area contributed by atoms with E-state index in [0.717, 1.165) is 16.5 Å². The van der Waals surface area contributed by atoms with E-state index in [1.54, 1.807) is 4.90 Å². The first-order valence-electron chi connectivity index (χ1n) is 6.70. The van der Waals surface area contributed by atoms with Crippen molar-refractivity contribution >= 4 is 22.4 Å². The van der Waals surface area contributed by atoms with Gasteiger partial charge in [0.05, 0.1) is 18.8 Å². The molecule has 2 aromatic carbocycles. The standard InChI is InChI=1S/C17H18N2O/c1-3-12-18-13-17(20)19(4-2)16-11-7-9-14-8-5-6-10-15(14)16/h1,5-11,18H,4,12-13H2,2H3. The summed E-state index contributed by atoms with van der Waals surface area (Å²) >= 11 is 0. The number of carbonyl (C=O) groups is 1. The summed E-state index contributed by atoms with van der Waals surface area (Å²) in [5.41, 5.74) is 0.943. The third-order valence-corrected chi connectivity index (χ3v) is 3.18. The number of hydrogen-bond donors (Lipinski definition) is 1. The largest absolute Gasteiger partial charge is 0.311 e. The van der Waals surface area contributed by atoms with Gasteiger partial charge in [0.25, 0.3) is 0 Å². The van der Waals surface area contributed by atoms with E-state index in [1.807, 2.05) is 49.4 Å². The van der Waals surface area contributed by atoms with Gasteiger partial charge < -0.3 is 4.90 Å². The van der Waals surface area contributed by atoms with Crippen molar-refractivity contribution < 1.29 is 4.79 Å². The molecular formula is C17H18N2O. The second kappa shape index (κ2) is 6.74. The highest BCUT2D eigenvalue weighted by Crippen LogP contribution is 2.26. The fraction of sp³-hybridized carbons (Fsp3) is 0.235. The van der Waals surface area contributed by atoms with Crippen LogP contribution in [0.3, 0.4) is 0 Å². The van der Waals surface area contributed by atoms with Crippen LogP contribution in [0.1, 0.15) is 6.92 Å². The van der Waals surface area contributed by atoms with E-state index in [4.69, 9.17) is 6.42 Å². The molecule has 0 aromatic heterocycles. The summed E-state index contributed by atoms with van der Waals surface area (Å²) in [5.74, 6) is 2.49. The smallest absolute Gasteiger partial charge is 0.240 e. The highest BCUT2D eigenvalue weighted by Gasteiger charge is 2.15. The van der Waals surface area contributed by atoms with Gasteiger partial charge in [-0.1, -0.05) is 42.3 Å². The number of likely N-dealkylation sites (N-methyl/N-ethyl adjacent to an activating group) is 1. The van der Waals surface area contributed by atoms with Crippen LogP contribution >= 0.6 is 0 Å². The predicted molar refractivity (Wildman–Crippen MR) is 83.7 cm³/mol. The first-order valence-corrected chi connectivity index (χ1v) is 6.70. The lowest BCUT2D eigenvalue weighted by molar-refractivity contribution is -0.117. The van der Waals surface area contributed by atoms with Crippen molar-refractivity contribution in [1.82, 2.24) is 5.32 Å². The van der Waals surface area contributed by atoms with Crippen molar-refractivity contribution in [2.45, 2.75) is 6.92 Å². The van der Waals surface area contributed by atoms with Crippen LogP contribution in [0.4, 0.5) is 5.69 Å². The number of amides is 1. The van der Waals surface area contributed by atoms with Crippen LogP contribution in [0.5, 0.6) is 0 Å². The molecule has 20 heavy (non-hydrogen) atoms. The molecule has 1 N–H and O–H groups in total. The Morgan fingerprint density at radius 3 is 2.75 bits per heavy atom. The fourth-order valence-corrected chi connectivity index (χ4v) is 2.26. The summed E-state index contributed by atoms with van der Waals surface area (Å²) < 4.78 is 0. The molecule has 0 unspecified atom stereocenters. The van der Waals surface area contributed by atoms with E-state index in [9.17, 15) is 4.79 Å². The summed E-state index contributed by atoms with van der Waals surface area (Å²) in [4.78, 5) is 14.1. The molecule has 2 aromatic rings. The van der Waals surface area contributed by atoms with E-state index < -0.39 is 0 Å². The van der Waals surface area contributed by atoms with Crippen molar-refractivity contribution in [3.05, 3.63) is 42.5 Å². The fourth-order valence-electron chi connectivity index (χ4n) is 2.26. The number of anilines is 1. The van der Waals surface area contributed by atoms with Crippen molar-refractivity contribution in [2.75, 3.05) is 24.5 Å². The topological polar surface area (TPSA) is 32.3 Å². The van der Waals surface area contributed by atoms with Gasteiger partial charge >= 0.3 is 0 Å². The third kappa shape index (κ3) is 2.98. The van der Waals surface area contributed by atoms with Crippen molar-refractivity contribution in [1.29, 1.82) is 0 Å². The lowest BCUT2D eigenvalue weighted by Crippen LogP contribution is -2.38. The maximum atomic E-state index is 12.3. The SMILES string of the molecule is C#CCNCC(=O)N(CC)c1cccc2ccccc12. The van der Waals surface area contributed by atoms with E-state index in [2.05, 4.69) is 11.2 Å². The molecule has 1 amide bonds. The van der Waals surface area contributed by atoms with E-state index >= 15 is 0 Å². The van der Waals surface area contributed by atoms with Gasteiger partial charge in [-0.25, -0.2) is 0 Å². The number of terminal acetylenes is 1. The van der Waals surface area contributed by atoms with Crippen LogP contribution in [0.2, 0.25) is 0 Å². The van der Waals surface area contributed by atoms with Crippen molar-refractivity contribution in [3.63, 3.8) is 0 Å². The molecule has 3 nitrogen and oxygen atoms in total. The van der Waals surface area contributed by atoms with Gasteiger partial charge in [0.15, 0.2) is 0 Å². The van der Waals surface area contributed by atoms with E-state index in [-0.39, 0.29) is 12.5 Å². The van der Waals surface area contributed by atoms with Crippen LogP contribution in [-0.4, -0.2) is 25.5 Å². The summed E-state index contributed by atoms with van der Waals surface area (Å²) in [6.07, 6.45) is 5.17. The van der Waals surface area contributed by atoms with Crippen LogP contribution in [0, 0.1) is 12.3 Å². The molecule has 0 spiro atoms. The molecular weight excluding hydrogens is 248 g/mol. The Morgan fingerprint density at radius 1 is 1.25 bits per heavy atom. The highest BCUT2D eigenvalue weighted by atomic mass is 16.2. The molecule has 0 radical (unpaired) electrons.